The van der Waals surface area contributed by atoms with Crippen LogP contribution in [0, 0.1) is 0 Å². The van der Waals surface area contributed by atoms with Crippen molar-refractivity contribution in [3.63, 3.8) is 0 Å². The third kappa shape index (κ3) is 6.34. The van der Waals surface area contributed by atoms with Crippen LogP contribution in [0.25, 0.3) is 88.3 Å². The molecule has 1 aromatic heterocycles. The Morgan fingerprint density at radius 2 is 0.778 bits per heavy atom. The minimum Gasteiger partial charge on any atom is -0.456 e. The maximum absolute atomic E-state index is 6.20. The van der Waals surface area contributed by atoms with E-state index in [0.717, 1.165) is 50.1 Å². The minimum absolute atomic E-state index is 0.176. The molecule has 0 amide bonds. The zero-order valence-corrected chi connectivity index (χ0v) is 35.2. The van der Waals surface area contributed by atoms with E-state index in [0.29, 0.717) is 0 Å². The van der Waals surface area contributed by atoms with Crippen molar-refractivity contribution in [2.24, 2.45) is 0 Å². The molecule has 0 N–H and O–H groups in total. The Morgan fingerprint density at radius 3 is 1.49 bits per heavy atom. The highest BCUT2D eigenvalue weighted by Crippen LogP contribution is 2.52. The fraction of sp³-hybridized carbons (Fsp3) is 0.0492. The molecule has 10 aromatic carbocycles. The molecule has 2 nitrogen and oxygen atoms in total. The molecular formula is C61H43NO. The summed E-state index contributed by atoms with van der Waals surface area (Å²) in [6, 6.07) is 81.7. The summed E-state index contributed by atoms with van der Waals surface area (Å²) in [7, 11) is 0. The van der Waals surface area contributed by atoms with Crippen molar-refractivity contribution in [1.82, 2.24) is 0 Å². The molecule has 0 saturated heterocycles. The van der Waals surface area contributed by atoms with E-state index in [4.69, 9.17) is 4.42 Å². The monoisotopic (exact) mass is 805 g/mol. The Labute approximate surface area is 368 Å². The van der Waals surface area contributed by atoms with Crippen LogP contribution in [-0.2, 0) is 5.41 Å². The normalized spacial score (nSPS) is 12.7. The summed E-state index contributed by atoms with van der Waals surface area (Å²) in [6.07, 6.45) is 0. The predicted octanol–water partition coefficient (Wildman–Crippen LogP) is 17.2. The summed E-state index contributed by atoms with van der Waals surface area (Å²) in [4.78, 5) is 2.40. The first-order chi connectivity index (χ1) is 30.9. The number of hydrogen-bond donors (Lipinski definition) is 0. The first-order valence-electron chi connectivity index (χ1n) is 21.8. The Morgan fingerprint density at radius 1 is 0.317 bits per heavy atom. The Kier molecular flexibility index (Phi) is 8.55. The number of anilines is 3. The molecule has 1 heterocycles. The van der Waals surface area contributed by atoms with Crippen molar-refractivity contribution in [3.05, 3.63) is 236 Å². The number of furan rings is 1. The zero-order valence-electron chi connectivity index (χ0n) is 35.2. The van der Waals surface area contributed by atoms with Gasteiger partial charge in [-0.1, -0.05) is 172 Å². The predicted molar refractivity (Wildman–Crippen MR) is 265 cm³/mol. The maximum Gasteiger partial charge on any atom is 0.136 e. The van der Waals surface area contributed by atoms with E-state index < -0.39 is 0 Å². The van der Waals surface area contributed by atoms with Crippen LogP contribution < -0.4 is 4.90 Å². The lowest BCUT2D eigenvalue weighted by molar-refractivity contribution is 0.660. The van der Waals surface area contributed by atoms with Gasteiger partial charge < -0.3 is 9.32 Å². The van der Waals surface area contributed by atoms with Gasteiger partial charge in [-0.3, -0.25) is 0 Å². The molecule has 0 atom stereocenters. The number of hydrogen-bond acceptors (Lipinski definition) is 2. The van der Waals surface area contributed by atoms with Crippen molar-refractivity contribution < 1.29 is 4.42 Å². The van der Waals surface area contributed by atoms with Crippen molar-refractivity contribution in [3.8, 4) is 55.6 Å². The smallest absolute Gasteiger partial charge is 0.136 e. The molecule has 0 saturated carbocycles. The van der Waals surface area contributed by atoms with Crippen LogP contribution in [0.3, 0.4) is 0 Å². The average molecular weight is 806 g/mol. The summed E-state index contributed by atoms with van der Waals surface area (Å²) in [6.45, 7) is 4.74. The third-order valence-corrected chi connectivity index (χ3v) is 13.3. The van der Waals surface area contributed by atoms with E-state index in [-0.39, 0.29) is 5.41 Å². The van der Waals surface area contributed by atoms with E-state index in [1.165, 1.54) is 66.4 Å². The molecule has 0 bridgehead atoms. The molecule has 298 valence electrons. The molecule has 2 heteroatoms. The molecule has 12 rings (SSSR count). The second-order valence-electron chi connectivity index (χ2n) is 17.4. The summed E-state index contributed by atoms with van der Waals surface area (Å²) in [5.74, 6) is 0. The van der Waals surface area contributed by atoms with Gasteiger partial charge in [0.15, 0.2) is 0 Å². The summed E-state index contributed by atoms with van der Waals surface area (Å²) in [5, 5.41) is 4.80. The second-order valence-corrected chi connectivity index (χ2v) is 17.4. The van der Waals surface area contributed by atoms with Crippen LogP contribution in [-0.4, -0.2) is 0 Å². The topological polar surface area (TPSA) is 16.4 Å². The number of para-hydroxylation sites is 1. The van der Waals surface area contributed by atoms with Gasteiger partial charge in [0, 0.05) is 33.2 Å². The van der Waals surface area contributed by atoms with Crippen LogP contribution in [0.15, 0.2) is 229 Å². The average Bonchev–Trinajstić information content (AvgIpc) is 3.83. The molecule has 1 aliphatic rings. The lowest BCUT2D eigenvalue weighted by atomic mass is 9.81. The SMILES string of the molecule is CC1(C)c2cc(-c3ccccc3)ccc2-c2ccc(N(c3ccc(-c4ccc(-c5ccc6c(c5)oc5ccccc56)cc4)cc3)c3ccc(-c4ccc5ccccc5c4)cc3)cc21. The Balaban J connectivity index is 0.895. The van der Waals surface area contributed by atoms with E-state index >= 15 is 0 Å². The van der Waals surface area contributed by atoms with Gasteiger partial charge in [-0.05, 0) is 144 Å². The van der Waals surface area contributed by atoms with Crippen LogP contribution in [0.4, 0.5) is 17.1 Å². The van der Waals surface area contributed by atoms with Gasteiger partial charge in [-0.2, -0.15) is 0 Å². The maximum atomic E-state index is 6.20. The molecule has 63 heavy (non-hydrogen) atoms. The largest absolute Gasteiger partial charge is 0.456 e. The number of benzene rings is 10. The highest BCUT2D eigenvalue weighted by molar-refractivity contribution is 6.06. The van der Waals surface area contributed by atoms with Gasteiger partial charge in [-0.25, -0.2) is 0 Å². The third-order valence-electron chi connectivity index (χ3n) is 13.3. The van der Waals surface area contributed by atoms with E-state index in [9.17, 15) is 0 Å². The van der Waals surface area contributed by atoms with Gasteiger partial charge in [0.2, 0.25) is 0 Å². The lowest BCUT2D eigenvalue weighted by Gasteiger charge is -2.28. The Bertz CT molecular complexity index is 3500. The van der Waals surface area contributed by atoms with Crippen LogP contribution in [0.2, 0.25) is 0 Å². The Hall–Kier alpha value is -7.94. The second kappa shape index (κ2) is 14.6. The zero-order chi connectivity index (χ0) is 42.1. The van der Waals surface area contributed by atoms with Crippen LogP contribution in [0.5, 0.6) is 0 Å². The number of rotatable bonds is 7. The molecule has 0 aliphatic heterocycles. The quantitative estimate of drug-likeness (QED) is 0.160. The molecule has 11 aromatic rings. The number of fused-ring (bicyclic) bond motifs is 7. The van der Waals surface area contributed by atoms with Gasteiger partial charge in [0.05, 0.1) is 0 Å². The van der Waals surface area contributed by atoms with Gasteiger partial charge in [0.1, 0.15) is 11.2 Å². The summed E-state index contributed by atoms with van der Waals surface area (Å²) < 4.78 is 6.20. The van der Waals surface area contributed by atoms with E-state index in [1.807, 2.05) is 12.1 Å². The minimum atomic E-state index is -0.176. The van der Waals surface area contributed by atoms with Crippen LogP contribution >= 0.6 is 0 Å². The van der Waals surface area contributed by atoms with Gasteiger partial charge >= 0.3 is 0 Å². The molecular weight excluding hydrogens is 763 g/mol. The first-order valence-corrected chi connectivity index (χ1v) is 21.8. The molecule has 1 aliphatic carbocycles. The molecule has 0 fully saturated rings. The van der Waals surface area contributed by atoms with Crippen LogP contribution in [0.1, 0.15) is 25.0 Å². The first kappa shape index (κ1) is 36.9. The van der Waals surface area contributed by atoms with Gasteiger partial charge in [0.25, 0.3) is 0 Å². The van der Waals surface area contributed by atoms with Crippen molar-refractivity contribution in [1.29, 1.82) is 0 Å². The van der Waals surface area contributed by atoms with E-state index in [2.05, 4.69) is 231 Å². The van der Waals surface area contributed by atoms with Gasteiger partial charge in [-0.15, -0.1) is 0 Å². The fourth-order valence-electron chi connectivity index (χ4n) is 9.86. The summed E-state index contributed by atoms with van der Waals surface area (Å²) in [5.41, 5.74) is 19.9. The highest BCUT2D eigenvalue weighted by atomic mass is 16.3. The highest BCUT2D eigenvalue weighted by Gasteiger charge is 2.36. The summed E-state index contributed by atoms with van der Waals surface area (Å²) >= 11 is 0. The molecule has 0 unspecified atom stereocenters. The van der Waals surface area contributed by atoms with Crippen molar-refractivity contribution in [2.75, 3.05) is 4.90 Å². The lowest BCUT2D eigenvalue weighted by Crippen LogP contribution is -2.16. The molecule has 0 radical (unpaired) electrons. The van der Waals surface area contributed by atoms with Crippen molar-refractivity contribution >= 4 is 49.8 Å². The van der Waals surface area contributed by atoms with E-state index in [1.54, 1.807) is 0 Å². The number of nitrogens with zero attached hydrogens (tertiary/aromatic N) is 1. The molecule has 0 spiro atoms. The van der Waals surface area contributed by atoms with Crippen molar-refractivity contribution in [2.45, 2.75) is 19.3 Å². The fourth-order valence-corrected chi connectivity index (χ4v) is 9.86. The standard InChI is InChI=1S/C61H43NO/c1-61(2)57-37-48(40-10-4-3-5-11-40)26-33-53(57)54-35-32-52(39-58(54)61)62(51-30-24-45(25-31-51)47-21-20-41-12-6-7-13-46(41)36-47)50-28-22-43(23-29-50)42-16-18-44(19-17-42)49-27-34-56-55-14-8-9-15-59(55)63-60(56)38-49/h3-39H,1-2H3.